The van der Waals surface area contributed by atoms with Crippen molar-refractivity contribution >= 4 is 6.08 Å². The normalized spacial score (nSPS) is 10.9. The van der Waals surface area contributed by atoms with Gasteiger partial charge in [-0.15, -0.1) is 0 Å². The number of aromatic hydroxyl groups is 1. The molecule has 0 saturated heterocycles. The van der Waals surface area contributed by atoms with Crippen molar-refractivity contribution in [2.24, 2.45) is 0 Å². The van der Waals surface area contributed by atoms with E-state index < -0.39 is 5.56 Å². The van der Waals surface area contributed by atoms with Crippen LogP contribution >= 0.6 is 0 Å². The molecule has 0 spiro atoms. The highest BCUT2D eigenvalue weighted by molar-refractivity contribution is 5.48. The Morgan fingerprint density at radius 2 is 1.67 bits per heavy atom. The van der Waals surface area contributed by atoms with Crippen molar-refractivity contribution in [3.8, 4) is 17.2 Å². The zero-order valence-electron chi connectivity index (χ0n) is 15.0. The SMILES string of the molecule is Cc1cc(COc2ccc(OCC=Cc3ccccc3)cc2)[nH]c(=O)c1O. The Morgan fingerprint density at radius 3 is 2.33 bits per heavy atom. The molecule has 0 aliphatic rings. The maximum Gasteiger partial charge on any atom is 0.290 e. The third kappa shape index (κ3) is 5.25. The van der Waals surface area contributed by atoms with Gasteiger partial charge in [-0.1, -0.05) is 36.4 Å². The Kier molecular flexibility index (Phi) is 5.94. The zero-order valence-corrected chi connectivity index (χ0v) is 15.0. The van der Waals surface area contributed by atoms with Gasteiger partial charge < -0.3 is 19.6 Å². The number of ether oxygens (including phenoxy) is 2. The van der Waals surface area contributed by atoms with Crippen molar-refractivity contribution in [3.63, 3.8) is 0 Å². The summed E-state index contributed by atoms with van der Waals surface area (Å²) in [5.41, 5.74) is 1.74. The van der Waals surface area contributed by atoms with Gasteiger partial charge in [-0.25, -0.2) is 0 Å². The fraction of sp³-hybridized carbons (Fsp3) is 0.136. The van der Waals surface area contributed by atoms with Crippen molar-refractivity contribution in [3.05, 3.63) is 93.9 Å². The van der Waals surface area contributed by atoms with Crippen LogP contribution in [0.1, 0.15) is 16.8 Å². The van der Waals surface area contributed by atoms with E-state index in [1.165, 1.54) is 0 Å². The van der Waals surface area contributed by atoms with Crippen LogP contribution in [0.25, 0.3) is 6.08 Å². The van der Waals surface area contributed by atoms with Crippen molar-refractivity contribution in [1.29, 1.82) is 0 Å². The Bertz CT molecular complexity index is 960. The Morgan fingerprint density at radius 1 is 1.00 bits per heavy atom. The van der Waals surface area contributed by atoms with E-state index in [-0.39, 0.29) is 12.4 Å². The van der Waals surface area contributed by atoms with Crippen molar-refractivity contribution in [2.75, 3.05) is 6.61 Å². The molecule has 0 radical (unpaired) electrons. The van der Waals surface area contributed by atoms with E-state index in [2.05, 4.69) is 4.98 Å². The minimum Gasteiger partial charge on any atom is -0.503 e. The molecule has 138 valence electrons. The van der Waals surface area contributed by atoms with E-state index in [0.29, 0.717) is 23.6 Å². The summed E-state index contributed by atoms with van der Waals surface area (Å²) < 4.78 is 11.3. The number of nitrogens with one attached hydrogen (secondary N) is 1. The lowest BCUT2D eigenvalue weighted by atomic mass is 10.2. The maximum atomic E-state index is 11.5. The summed E-state index contributed by atoms with van der Waals surface area (Å²) >= 11 is 0. The first-order valence-corrected chi connectivity index (χ1v) is 8.61. The van der Waals surface area contributed by atoms with Gasteiger partial charge >= 0.3 is 0 Å². The van der Waals surface area contributed by atoms with Crippen LogP contribution in [0.5, 0.6) is 17.2 Å². The van der Waals surface area contributed by atoms with Gasteiger partial charge in [-0.05, 0) is 54.5 Å². The van der Waals surface area contributed by atoms with Crippen molar-refractivity contribution < 1.29 is 14.6 Å². The van der Waals surface area contributed by atoms with Gasteiger partial charge in [0.2, 0.25) is 0 Å². The van der Waals surface area contributed by atoms with Gasteiger partial charge in [-0.2, -0.15) is 0 Å². The predicted molar refractivity (Wildman–Crippen MR) is 105 cm³/mol. The average Bonchev–Trinajstić information content (AvgIpc) is 2.69. The minimum absolute atomic E-state index is 0.205. The maximum absolute atomic E-state index is 11.5. The molecule has 0 unspecified atom stereocenters. The fourth-order valence-corrected chi connectivity index (χ4v) is 2.51. The van der Waals surface area contributed by atoms with E-state index in [9.17, 15) is 9.90 Å². The van der Waals surface area contributed by atoms with Gasteiger partial charge in [0.15, 0.2) is 5.75 Å². The average molecular weight is 363 g/mol. The second-order valence-electron chi connectivity index (χ2n) is 6.04. The molecule has 0 bridgehead atoms. The van der Waals surface area contributed by atoms with E-state index in [1.807, 2.05) is 66.7 Å². The lowest BCUT2D eigenvalue weighted by Gasteiger charge is -2.09. The van der Waals surface area contributed by atoms with E-state index >= 15 is 0 Å². The van der Waals surface area contributed by atoms with Crippen LogP contribution in [0.15, 0.2) is 71.5 Å². The second kappa shape index (κ2) is 8.76. The molecule has 3 aromatic rings. The molecule has 1 aromatic heterocycles. The molecule has 0 amide bonds. The molecule has 5 heteroatoms. The number of pyridine rings is 1. The largest absolute Gasteiger partial charge is 0.503 e. The monoisotopic (exact) mass is 363 g/mol. The number of H-pyrrole nitrogens is 1. The number of aromatic amines is 1. The van der Waals surface area contributed by atoms with Gasteiger partial charge in [0.05, 0.1) is 5.69 Å². The molecule has 0 aliphatic heterocycles. The van der Waals surface area contributed by atoms with Crippen LogP contribution in [0, 0.1) is 6.92 Å². The van der Waals surface area contributed by atoms with Crippen LogP contribution in [0.2, 0.25) is 0 Å². The number of benzene rings is 2. The van der Waals surface area contributed by atoms with Crippen LogP contribution in [-0.4, -0.2) is 16.7 Å². The minimum atomic E-state index is -0.513. The van der Waals surface area contributed by atoms with Crippen molar-refractivity contribution in [2.45, 2.75) is 13.5 Å². The molecule has 0 saturated carbocycles. The highest BCUT2D eigenvalue weighted by atomic mass is 16.5. The smallest absolute Gasteiger partial charge is 0.290 e. The van der Waals surface area contributed by atoms with Gasteiger partial charge in [-0.3, -0.25) is 4.79 Å². The summed E-state index contributed by atoms with van der Waals surface area (Å²) in [6, 6.07) is 19.0. The number of aryl methyl sites for hydroxylation is 1. The molecule has 3 rings (SSSR count). The Hall–Kier alpha value is -3.47. The summed E-state index contributed by atoms with van der Waals surface area (Å²) in [7, 11) is 0. The van der Waals surface area contributed by atoms with Crippen molar-refractivity contribution in [1.82, 2.24) is 4.98 Å². The highest BCUT2D eigenvalue weighted by Crippen LogP contribution is 2.19. The molecule has 0 aliphatic carbocycles. The molecular weight excluding hydrogens is 342 g/mol. The summed E-state index contributed by atoms with van der Waals surface area (Å²) in [4.78, 5) is 14.1. The van der Waals surface area contributed by atoms with Crippen LogP contribution in [-0.2, 0) is 6.61 Å². The molecule has 0 fully saturated rings. The first-order chi connectivity index (χ1) is 13.1. The summed E-state index contributed by atoms with van der Waals surface area (Å²) in [5, 5.41) is 9.50. The fourth-order valence-electron chi connectivity index (χ4n) is 2.51. The predicted octanol–water partition coefficient (Wildman–Crippen LogP) is 4.06. The molecule has 27 heavy (non-hydrogen) atoms. The van der Waals surface area contributed by atoms with E-state index in [1.54, 1.807) is 13.0 Å². The quantitative estimate of drug-likeness (QED) is 0.664. The van der Waals surface area contributed by atoms with Gasteiger partial charge in [0.25, 0.3) is 5.56 Å². The Balaban J connectivity index is 1.50. The summed E-state index contributed by atoms with van der Waals surface area (Å²) in [6.07, 6.45) is 3.97. The highest BCUT2D eigenvalue weighted by Gasteiger charge is 2.05. The lowest BCUT2D eigenvalue weighted by molar-refractivity contribution is 0.299. The summed E-state index contributed by atoms with van der Waals surface area (Å²) in [5.74, 6) is 1.14. The number of hydrogen-bond acceptors (Lipinski definition) is 4. The topological polar surface area (TPSA) is 71.5 Å². The summed E-state index contributed by atoms with van der Waals surface area (Å²) in [6.45, 7) is 2.35. The van der Waals surface area contributed by atoms with Crippen LogP contribution in [0.4, 0.5) is 0 Å². The van der Waals surface area contributed by atoms with E-state index in [0.717, 1.165) is 11.3 Å². The third-order valence-electron chi connectivity index (χ3n) is 3.93. The first-order valence-electron chi connectivity index (χ1n) is 8.61. The molecule has 2 N–H and O–H groups in total. The third-order valence-corrected chi connectivity index (χ3v) is 3.93. The lowest BCUT2D eigenvalue weighted by Crippen LogP contribution is -2.11. The van der Waals surface area contributed by atoms with Crippen LogP contribution < -0.4 is 15.0 Å². The van der Waals surface area contributed by atoms with Gasteiger partial charge in [0, 0.05) is 0 Å². The van der Waals surface area contributed by atoms with Gasteiger partial charge in [0.1, 0.15) is 24.7 Å². The standard InChI is InChI=1S/C22H21NO4/c1-16-14-18(23-22(25)21(16)24)15-27-20-11-9-19(10-12-20)26-13-5-8-17-6-3-2-4-7-17/h2-12,14,24H,13,15H2,1H3,(H,23,25). The van der Waals surface area contributed by atoms with Crippen LogP contribution in [0.3, 0.4) is 0 Å². The molecule has 0 atom stereocenters. The number of aromatic nitrogens is 1. The Labute approximate surface area is 157 Å². The zero-order chi connectivity index (χ0) is 19.1. The molecule has 5 nitrogen and oxygen atoms in total. The second-order valence-corrected chi connectivity index (χ2v) is 6.04. The molecule has 2 aromatic carbocycles. The molecule has 1 heterocycles. The first kappa shape index (κ1) is 18.3. The number of rotatable bonds is 7. The number of hydrogen-bond donors (Lipinski definition) is 2. The molecular formula is C22H21NO4. The van der Waals surface area contributed by atoms with E-state index in [4.69, 9.17) is 9.47 Å².